The van der Waals surface area contributed by atoms with Crippen molar-refractivity contribution in [2.45, 2.75) is 18.7 Å². The summed E-state index contributed by atoms with van der Waals surface area (Å²) < 4.78 is 11.1. The first kappa shape index (κ1) is 30.9. The molecule has 0 radical (unpaired) electrons. The Kier molecular flexibility index (Phi) is 11.4. The monoisotopic (exact) mass is 595 g/mol. The zero-order valence-corrected chi connectivity index (χ0v) is 24.8. The summed E-state index contributed by atoms with van der Waals surface area (Å²) >= 11 is 1.34. The molecule has 0 bridgehead atoms. The number of para-hydroxylation sites is 1. The molecule has 0 fully saturated rings. The Bertz CT molecular complexity index is 1570. The van der Waals surface area contributed by atoms with E-state index in [0.717, 1.165) is 10.6 Å². The van der Waals surface area contributed by atoms with Gasteiger partial charge < -0.3 is 25.4 Å². The van der Waals surface area contributed by atoms with Crippen LogP contribution in [0.15, 0.2) is 114 Å². The lowest BCUT2D eigenvalue weighted by molar-refractivity contribution is -0.114. The van der Waals surface area contributed by atoms with Crippen molar-refractivity contribution in [3.63, 3.8) is 0 Å². The first-order chi connectivity index (χ1) is 20.9. The van der Waals surface area contributed by atoms with Crippen LogP contribution in [-0.2, 0) is 9.59 Å². The quantitative estimate of drug-likeness (QED) is 0.118. The number of carbonyl (C=O) groups is 3. The molecule has 43 heavy (non-hydrogen) atoms. The van der Waals surface area contributed by atoms with Gasteiger partial charge in [0, 0.05) is 27.4 Å². The molecule has 0 spiro atoms. The van der Waals surface area contributed by atoms with E-state index in [2.05, 4.69) is 16.0 Å². The minimum absolute atomic E-state index is 0.0498. The van der Waals surface area contributed by atoms with E-state index < -0.39 is 11.8 Å². The van der Waals surface area contributed by atoms with Gasteiger partial charge in [-0.25, -0.2) is 0 Å². The van der Waals surface area contributed by atoms with Gasteiger partial charge in [-0.05, 0) is 80.6 Å². The molecular formula is C34H33N3O5S. The fourth-order valence-corrected chi connectivity index (χ4v) is 4.75. The maximum absolute atomic E-state index is 13.5. The molecule has 0 heterocycles. The van der Waals surface area contributed by atoms with Crippen LogP contribution in [0.25, 0.3) is 6.08 Å². The number of hydrogen-bond acceptors (Lipinski definition) is 6. The van der Waals surface area contributed by atoms with E-state index >= 15 is 0 Å². The predicted molar refractivity (Wildman–Crippen MR) is 172 cm³/mol. The second-order valence-electron chi connectivity index (χ2n) is 9.13. The summed E-state index contributed by atoms with van der Waals surface area (Å²) in [4.78, 5) is 39.8. The zero-order chi connectivity index (χ0) is 30.4. The fourth-order valence-electron chi connectivity index (χ4n) is 3.99. The van der Waals surface area contributed by atoms with Gasteiger partial charge in [-0.2, -0.15) is 0 Å². The van der Waals surface area contributed by atoms with E-state index in [1.165, 1.54) is 11.8 Å². The van der Waals surface area contributed by atoms with Crippen LogP contribution in [-0.4, -0.2) is 36.7 Å². The van der Waals surface area contributed by atoms with Crippen LogP contribution >= 0.6 is 11.8 Å². The number of ether oxygens (including phenoxy) is 2. The van der Waals surface area contributed by atoms with Crippen molar-refractivity contribution in [3.05, 3.63) is 120 Å². The van der Waals surface area contributed by atoms with Gasteiger partial charge in [0.05, 0.1) is 19.0 Å². The Morgan fingerprint density at radius 2 is 1.47 bits per heavy atom. The second kappa shape index (κ2) is 15.8. The number of carbonyl (C=O) groups excluding carboxylic acids is 3. The van der Waals surface area contributed by atoms with Gasteiger partial charge in [0.2, 0.25) is 5.91 Å². The van der Waals surface area contributed by atoms with Gasteiger partial charge in [-0.3, -0.25) is 14.4 Å². The van der Waals surface area contributed by atoms with Gasteiger partial charge in [-0.1, -0.05) is 42.5 Å². The molecular weight excluding hydrogens is 562 g/mol. The molecule has 220 valence electrons. The third kappa shape index (κ3) is 9.51. The van der Waals surface area contributed by atoms with Crippen LogP contribution in [0.4, 0.5) is 11.4 Å². The average Bonchev–Trinajstić information content (AvgIpc) is 3.02. The highest BCUT2D eigenvalue weighted by atomic mass is 32.2. The van der Waals surface area contributed by atoms with Crippen molar-refractivity contribution in [3.8, 4) is 11.5 Å². The van der Waals surface area contributed by atoms with Crippen molar-refractivity contribution in [1.29, 1.82) is 0 Å². The molecule has 4 rings (SSSR count). The topological polar surface area (TPSA) is 106 Å². The number of benzene rings is 4. The molecule has 3 N–H and O–H groups in total. The number of amides is 3. The number of nitrogens with one attached hydrogen (secondary N) is 3. The van der Waals surface area contributed by atoms with E-state index in [-0.39, 0.29) is 17.4 Å². The van der Waals surface area contributed by atoms with E-state index in [9.17, 15) is 14.4 Å². The first-order valence-corrected chi connectivity index (χ1v) is 14.8. The standard InChI is InChI=1S/C34H33N3O5S/c1-3-41-28-19-17-26(18-20-28)35-32(38)23-43-29-15-10-14-27(22-29)36-34(40)30(37-33(39)24-11-6-5-7-12-24)21-25-13-8-9-16-31(25)42-4-2/h5-22H,3-4,23H2,1-2H3,(H,35,38)(H,36,40)(H,37,39)/b30-21+. The molecule has 0 saturated heterocycles. The van der Waals surface area contributed by atoms with Crippen molar-refractivity contribution in [2.24, 2.45) is 0 Å². The Morgan fingerprint density at radius 1 is 0.744 bits per heavy atom. The third-order valence-corrected chi connectivity index (χ3v) is 6.95. The van der Waals surface area contributed by atoms with Gasteiger partial charge in [0.15, 0.2) is 0 Å². The Morgan fingerprint density at radius 3 is 2.21 bits per heavy atom. The molecule has 3 amide bonds. The lowest BCUT2D eigenvalue weighted by Gasteiger charge is -2.13. The molecule has 0 aromatic heterocycles. The van der Waals surface area contributed by atoms with Gasteiger partial charge in [0.25, 0.3) is 11.8 Å². The molecule has 8 nitrogen and oxygen atoms in total. The third-order valence-electron chi connectivity index (χ3n) is 5.96. The van der Waals surface area contributed by atoms with E-state index in [1.54, 1.807) is 78.9 Å². The lowest BCUT2D eigenvalue weighted by atomic mass is 10.1. The van der Waals surface area contributed by atoms with Crippen molar-refractivity contribution in [1.82, 2.24) is 5.32 Å². The Balaban J connectivity index is 1.45. The number of anilines is 2. The van der Waals surface area contributed by atoms with Crippen molar-refractivity contribution >= 4 is 46.9 Å². The fraction of sp³-hybridized carbons (Fsp3) is 0.147. The Labute approximate surface area is 255 Å². The molecule has 0 aliphatic rings. The average molecular weight is 596 g/mol. The van der Waals surface area contributed by atoms with Crippen LogP contribution in [0.2, 0.25) is 0 Å². The highest BCUT2D eigenvalue weighted by Crippen LogP contribution is 2.24. The molecule has 0 aliphatic carbocycles. The lowest BCUT2D eigenvalue weighted by Crippen LogP contribution is -2.30. The summed E-state index contributed by atoms with van der Waals surface area (Å²) in [5.74, 6) is 0.420. The summed E-state index contributed by atoms with van der Waals surface area (Å²) in [6.45, 7) is 4.81. The summed E-state index contributed by atoms with van der Waals surface area (Å²) in [7, 11) is 0. The SMILES string of the molecule is CCOc1ccc(NC(=O)CSc2cccc(NC(=O)/C(=C\c3ccccc3OCC)NC(=O)c3ccccc3)c2)cc1. The van der Waals surface area contributed by atoms with Crippen LogP contribution in [0, 0.1) is 0 Å². The van der Waals surface area contributed by atoms with Crippen molar-refractivity contribution < 1.29 is 23.9 Å². The summed E-state index contributed by atoms with van der Waals surface area (Å²) in [5.41, 5.74) is 2.30. The van der Waals surface area contributed by atoms with Crippen LogP contribution in [0.3, 0.4) is 0 Å². The highest BCUT2D eigenvalue weighted by Gasteiger charge is 2.16. The molecule has 0 aliphatic heterocycles. The van der Waals surface area contributed by atoms with Gasteiger partial charge in [0.1, 0.15) is 17.2 Å². The maximum atomic E-state index is 13.5. The van der Waals surface area contributed by atoms with Crippen LogP contribution in [0.1, 0.15) is 29.8 Å². The minimum Gasteiger partial charge on any atom is -0.494 e. The largest absolute Gasteiger partial charge is 0.494 e. The predicted octanol–water partition coefficient (Wildman–Crippen LogP) is 6.62. The van der Waals surface area contributed by atoms with E-state index in [4.69, 9.17) is 9.47 Å². The number of thioether (sulfide) groups is 1. The van der Waals surface area contributed by atoms with E-state index in [0.29, 0.717) is 41.5 Å². The zero-order valence-electron chi connectivity index (χ0n) is 24.0. The van der Waals surface area contributed by atoms with Crippen LogP contribution < -0.4 is 25.4 Å². The normalized spacial score (nSPS) is 10.9. The molecule has 9 heteroatoms. The maximum Gasteiger partial charge on any atom is 0.272 e. The molecule has 0 saturated carbocycles. The van der Waals surface area contributed by atoms with Gasteiger partial charge in [-0.15, -0.1) is 11.8 Å². The summed E-state index contributed by atoms with van der Waals surface area (Å²) in [5, 5.41) is 8.48. The number of rotatable bonds is 13. The Hall–Kier alpha value is -5.02. The molecule has 0 unspecified atom stereocenters. The molecule has 0 atom stereocenters. The van der Waals surface area contributed by atoms with Gasteiger partial charge >= 0.3 is 0 Å². The summed E-state index contributed by atoms with van der Waals surface area (Å²) in [6, 6.07) is 30.3. The van der Waals surface area contributed by atoms with Crippen molar-refractivity contribution in [2.75, 3.05) is 29.6 Å². The highest BCUT2D eigenvalue weighted by molar-refractivity contribution is 8.00. The smallest absolute Gasteiger partial charge is 0.272 e. The van der Waals surface area contributed by atoms with Crippen LogP contribution in [0.5, 0.6) is 11.5 Å². The molecule has 4 aromatic carbocycles. The number of hydrogen-bond donors (Lipinski definition) is 3. The summed E-state index contributed by atoms with van der Waals surface area (Å²) in [6.07, 6.45) is 1.59. The minimum atomic E-state index is -0.508. The first-order valence-electron chi connectivity index (χ1n) is 13.8. The van der Waals surface area contributed by atoms with E-state index in [1.807, 2.05) is 44.2 Å². The second-order valence-corrected chi connectivity index (χ2v) is 10.2. The molecule has 4 aromatic rings.